The molecule has 0 amide bonds. The van der Waals surface area contributed by atoms with Gasteiger partial charge in [-0.3, -0.25) is 0 Å². The minimum absolute atomic E-state index is 0.127. The van der Waals surface area contributed by atoms with Gasteiger partial charge in [0.25, 0.3) is 0 Å². The first-order valence-corrected chi connectivity index (χ1v) is 10.3. The highest BCUT2D eigenvalue weighted by molar-refractivity contribution is 9.10. The predicted octanol–water partition coefficient (Wildman–Crippen LogP) is 4.75. The van der Waals surface area contributed by atoms with E-state index >= 15 is 0 Å². The van der Waals surface area contributed by atoms with Crippen LogP contribution in [0.5, 0.6) is 0 Å². The lowest BCUT2D eigenvalue weighted by atomic mass is 9.84. The number of nitrogens with zero attached hydrogens (tertiary/aromatic N) is 1. The molecule has 1 aliphatic carbocycles. The van der Waals surface area contributed by atoms with Gasteiger partial charge >= 0.3 is 0 Å². The van der Waals surface area contributed by atoms with Crippen molar-refractivity contribution in [2.75, 3.05) is 19.6 Å². The lowest BCUT2D eigenvalue weighted by molar-refractivity contribution is 0.165. The lowest BCUT2D eigenvalue weighted by Gasteiger charge is -2.34. The number of rotatable bonds is 5. The summed E-state index contributed by atoms with van der Waals surface area (Å²) in [4.78, 5) is 2.63. The number of benzene rings is 1. The zero-order chi connectivity index (χ0) is 16.9. The molecule has 1 heterocycles. The topological polar surface area (TPSA) is 29.3 Å². The van der Waals surface area contributed by atoms with E-state index in [2.05, 4.69) is 20.8 Å². The van der Waals surface area contributed by atoms with Crippen molar-refractivity contribution in [1.82, 2.24) is 4.90 Å². The summed E-state index contributed by atoms with van der Waals surface area (Å²) in [6.07, 6.45) is 9.89. The van der Waals surface area contributed by atoms with Crippen molar-refractivity contribution in [3.8, 4) is 0 Å². The quantitative estimate of drug-likeness (QED) is 0.777. The van der Waals surface area contributed by atoms with Crippen molar-refractivity contribution >= 4 is 15.9 Å². The van der Waals surface area contributed by atoms with E-state index < -0.39 is 0 Å². The zero-order valence-corrected chi connectivity index (χ0v) is 16.1. The van der Waals surface area contributed by atoms with Crippen LogP contribution in [0.25, 0.3) is 0 Å². The molecule has 2 nitrogen and oxygen atoms in total. The molecule has 24 heavy (non-hydrogen) atoms. The Morgan fingerprint density at radius 3 is 2.46 bits per heavy atom. The highest BCUT2D eigenvalue weighted by Gasteiger charge is 2.23. The van der Waals surface area contributed by atoms with Gasteiger partial charge in [0.2, 0.25) is 0 Å². The average Bonchev–Trinajstić information content (AvgIpc) is 2.59. The summed E-state index contributed by atoms with van der Waals surface area (Å²) in [6.45, 7) is 3.64. The lowest BCUT2D eigenvalue weighted by Crippen LogP contribution is -2.36. The van der Waals surface area contributed by atoms with Gasteiger partial charge in [0.05, 0.1) is 0 Å². The highest BCUT2D eigenvalue weighted by atomic mass is 79.9. The fourth-order valence-corrected chi connectivity index (χ4v) is 4.68. The molecule has 134 valence electrons. The fourth-order valence-electron chi connectivity index (χ4n) is 4.27. The zero-order valence-electron chi connectivity index (χ0n) is 14.5. The summed E-state index contributed by atoms with van der Waals surface area (Å²) < 4.78 is 14.5. The third-order valence-electron chi connectivity index (χ3n) is 5.97. The van der Waals surface area contributed by atoms with Gasteiger partial charge in [0.15, 0.2) is 0 Å². The van der Waals surface area contributed by atoms with Gasteiger partial charge < -0.3 is 10.6 Å². The standard InChI is InChI=1S/C20H30BrFN2/c21-20-6-3-18(22)14-17(20)13-16-8-11-24(12-9-16)10-7-15-1-4-19(23)5-2-15/h3,6,14-16,19H,1-2,4-5,7-13,23H2/t15-,19+. The number of halogens is 2. The monoisotopic (exact) mass is 396 g/mol. The van der Waals surface area contributed by atoms with E-state index in [1.165, 1.54) is 70.6 Å². The van der Waals surface area contributed by atoms with Crippen LogP contribution in [0.3, 0.4) is 0 Å². The second kappa shape index (κ2) is 8.77. The van der Waals surface area contributed by atoms with Crippen molar-refractivity contribution in [2.24, 2.45) is 17.6 Å². The normalized spacial score (nSPS) is 26.6. The van der Waals surface area contributed by atoms with E-state index in [1.54, 1.807) is 6.07 Å². The van der Waals surface area contributed by atoms with Gasteiger partial charge in [-0.2, -0.15) is 0 Å². The van der Waals surface area contributed by atoms with E-state index in [4.69, 9.17) is 5.73 Å². The maximum absolute atomic E-state index is 13.4. The van der Waals surface area contributed by atoms with E-state index in [1.807, 2.05) is 6.07 Å². The van der Waals surface area contributed by atoms with Gasteiger partial charge in [-0.25, -0.2) is 4.39 Å². The van der Waals surface area contributed by atoms with Crippen LogP contribution >= 0.6 is 15.9 Å². The Kier molecular flexibility index (Phi) is 6.71. The van der Waals surface area contributed by atoms with E-state index in [0.717, 1.165) is 22.4 Å². The Labute approximate surface area is 154 Å². The van der Waals surface area contributed by atoms with Crippen LogP contribution in [0.2, 0.25) is 0 Å². The van der Waals surface area contributed by atoms with Crippen molar-refractivity contribution in [3.63, 3.8) is 0 Å². The smallest absolute Gasteiger partial charge is 0.123 e. The Bertz CT molecular complexity index is 520. The van der Waals surface area contributed by atoms with Crippen LogP contribution in [0.15, 0.2) is 22.7 Å². The number of hydrogen-bond acceptors (Lipinski definition) is 2. The van der Waals surface area contributed by atoms with Crippen molar-refractivity contribution < 1.29 is 4.39 Å². The molecular formula is C20H30BrFN2. The van der Waals surface area contributed by atoms with Gasteiger partial charge in [0, 0.05) is 10.5 Å². The molecule has 0 unspecified atom stereocenters. The molecule has 1 aromatic rings. The second-order valence-corrected chi connectivity index (χ2v) is 8.65. The van der Waals surface area contributed by atoms with E-state index in [9.17, 15) is 4.39 Å². The summed E-state index contributed by atoms with van der Waals surface area (Å²) in [7, 11) is 0. The number of hydrogen-bond donors (Lipinski definition) is 1. The third kappa shape index (κ3) is 5.27. The SMILES string of the molecule is N[C@H]1CC[C@@H](CCN2CCC(Cc3cc(F)ccc3Br)CC2)CC1. The molecule has 2 aliphatic rings. The predicted molar refractivity (Wildman–Crippen MR) is 102 cm³/mol. The largest absolute Gasteiger partial charge is 0.328 e. The number of likely N-dealkylation sites (tertiary alicyclic amines) is 1. The Morgan fingerprint density at radius 2 is 1.75 bits per heavy atom. The van der Waals surface area contributed by atoms with Gasteiger partial charge in [0.1, 0.15) is 5.82 Å². The summed E-state index contributed by atoms with van der Waals surface area (Å²) in [6, 6.07) is 5.49. The molecule has 0 aromatic heterocycles. The van der Waals surface area contributed by atoms with Crippen molar-refractivity contribution in [2.45, 2.75) is 57.4 Å². The molecule has 0 spiro atoms. The molecule has 0 bridgehead atoms. The maximum atomic E-state index is 13.4. The molecule has 1 saturated carbocycles. The Balaban J connectivity index is 1.39. The van der Waals surface area contributed by atoms with Crippen molar-refractivity contribution in [3.05, 3.63) is 34.1 Å². The minimum atomic E-state index is -0.127. The van der Waals surface area contributed by atoms with Crippen LogP contribution in [-0.2, 0) is 6.42 Å². The first-order chi connectivity index (χ1) is 11.6. The number of piperidine rings is 1. The molecule has 3 rings (SSSR count). The van der Waals surface area contributed by atoms with Crippen LogP contribution in [0.4, 0.5) is 4.39 Å². The minimum Gasteiger partial charge on any atom is -0.328 e. The Morgan fingerprint density at radius 1 is 1.04 bits per heavy atom. The first-order valence-electron chi connectivity index (χ1n) is 9.52. The molecule has 0 radical (unpaired) electrons. The van der Waals surface area contributed by atoms with Crippen LogP contribution in [0, 0.1) is 17.7 Å². The molecule has 1 saturated heterocycles. The summed E-state index contributed by atoms with van der Waals surface area (Å²) in [5.74, 6) is 1.45. The van der Waals surface area contributed by atoms with Crippen molar-refractivity contribution in [1.29, 1.82) is 0 Å². The van der Waals surface area contributed by atoms with Crippen LogP contribution < -0.4 is 5.73 Å². The molecule has 2 N–H and O–H groups in total. The fraction of sp³-hybridized carbons (Fsp3) is 0.700. The average molecular weight is 397 g/mol. The number of nitrogens with two attached hydrogens (primary N) is 1. The van der Waals surface area contributed by atoms with E-state index in [0.29, 0.717) is 12.0 Å². The maximum Gasteiger partial charge on any atom is 0.123 e. The summed E-state index contributed by atoms with van der Waals surface area (Å²) in [5, 5.41) is 0. The second-order valence-electron chi connectivity index (χ2n) is 7.79. The van der Waals surface area contributed by atoms with Gasteiger partial charge in [-0.1, -0.05) is 15.9 Å². The summed E-state index contributed by atoms with van der Waals surface area (Å²) in [5.41, 5.74) is 7.11. The molecule has 1 aliphatic heterocycles. The first kappa shape index (κ1) is 18.3. The summed E-state index contributed by atoms with van der Waals surface area (Å²) >= 11 is 3.56. The van der Waals surface area contributed by atoms with Crippen LogP contribution in [-0.4, -0.2) is 30.6 Å². The third-order valence-corrected chi connectivity index (χ3v) is 6.74. The molecule has 4 heteroatoms. The molecule has 2 fully saturated rings. The Hall–Kier alpha value is -0.450. The van der Waals surface area contributed by atoms with E-state index in [-0.39, 0.29) is 5.82 Å². The highest BCUT2D eigenvalue weighted by Crippen LogP contribution is 2.29. The molecule has 1 aromatic carbocycles. The van der Waals surface area contributed by atoms with Gasteiger partial charge in [-0.05, 0) is 107 Å². The van der Waals surface area contributed by atoms with Gasteiger partial charge in [-0.15, -0.1) is 0 Å². The molecular weight excluding hydrogens is 367 g/mol. The van der Waals surface area contributed by atoms with Crippen LogP contribution in [0.1, 0.15) is 50.5 Å². The molecule has 0 atom stereocenters.